The maximum atomic E-state index is 12.5. The molecule has 0 saturated heterocycles. The van der Waals surface area contributed by atoms with Crippen LogP contribution in [0, 0.1) is 0 Å². The van der Waals surface area contributed by atoms with Crippen molar-refractivity contribution in [2.45, 2.75) is 64.0 Å². The summed E-state index contributed by atoms with van der Waals surface area (Å²) in [5, 5.41) is 15.0. The van der Waals surface area contributed by atoms with Crippen LogP contribution < -0.4 is 20.1 Å². The molecule has 39 heavy (non-hydrogen) atoms. The van der Waals surface area contributed by atoms with Gasteiger partial charge in [-0.15, -0.1) is 0 Å². The molecule has 1 saturated carbocycles. The van der Waals surface area contributed by atoms with Gasteiger partial charge in [0.05, 0.1) is 22.9 Å². The number of carbonyl (C=O) groups excluding carboxylic acids is 2. The Morgan fingerprint density at radius 1 is 0.949 bits per heavy atom. The van der Waals surface area contributed by atoms with Crippen molar-refractivity contribution < 1.29 is 29.0 Å². The molecule has 0 bridgehead atoms. The van der Waals surface area contributed by atoms with E-state index in [2.05, 4.69) is 22.5 Å². The molecule has 3 N–H and O–H groups in total. The smallest absolute Gasteiger partial charge is 0.337 e. The van der Waals surface area contributed by atoms with Crippen LogP contribution in [0.1, 0.15) is 72.6 Å². The van der Waals surface area contributed by atoms with Gasteiger partial charge >= 0.3 is 5.97 Å². The average Bonchev–Trinajstić information content (AvgIpc) is 2.94. The molecule has 0 spiro atoms. The zero-order chi connectivity index (χ0) is 27.6. The minimum atomic E-state index is -1.13. The third-order valence-electron chi connectivity index (χ3n) is 6.55. The van der Waals surface area contributed by atoms with E-state index in [1.54, 1.807) is 36.4 Å². The van der Waals surface area contributed by atoms with E-state index < -0.39 is 11.9 Å². The van der Waals surface area contributed by atoms with Crippen LogP contribution in [0.5, 0.6) is 17.4 Å². The number of nitrogens with one attached hydrogen (secondary N) is 2. The monoisotopic (exact) mass is 531 g/mol. The van der Waals surface area contributed by atoms with Gasteiger partial charge in [-0.25, -0.2) is 9.78 Å². The third-order valence-corrected chi connectivity index (χ3v) is 6.55. The molecule has 3 aromatic rings. The zero-order valence-corrected chi connectivity index (χ0v) is 21.9. The number of para-hydroxylation sites is 1. The number of anilines is 1. The first-order valence-electron chi connectivity index (χ1n) is 13.2. The second-order valence-electron chi connectivity index (χ2n) is 9.53. The summed E-state index contributed by atoms with van der Waals surface area (Å²) in [6.07, 6.45) is 7.63. The fourth-order valence-corrected chi connectivity index (χ4v) is 4.41. The summed E-state index contributed by atoms with van der Waals surface area (Å²) >= 11 is 0. The van der Waals surface area contributed by atoms with Crippen molar-refractivity contribution in [3.8, 4) is 17.4 Å². The zero-order valence-electron chi connectivity index (χ0n) is 21.9. The fourth-order valence-electron chi connectivity index (χ4n) is 4.41. The summed E-state index contributed by atoms with van der Waals surface area (Å²) in [6, 6.07) is 16.8. The number of rotatable bonds is 11. The summed E-state index contributed by atoms with van der Waals surface area (Å²) < 4.78 is 11.9. The number of hydrogen-bond acceptors (Lipinski definition) is 6. The highest BCUT2D eigenvalue weighted by atomic mass is 16.5. The van der Waals surface area contributed by atoms with Crippen molar-refractivity contribution in [3.05, 3.63) is 78.0 Å². The van der Waals surface area contributed by atoms with Crippen LogP contribution >= 0.6 is 0 Å². The van der Waals surface area contributed by atoms with Gasteiger partial charge in [0.1, 0.15) is 11.5 Å². The number of nitrogens with zero attached hydrogens (tertiary/aromatic N) is 1. The average molecular weight is 532 g/mol. The number of unbranched alkanes of at least 4 members (excludes halogenated alkanes) is 1. The number of carboxylic acids is 1. The number of ether oxygens (including phenoxy) is 2. The first-order valence-corrected chi connectivity index (χ1v) is 13.2. The topological polar surface area (TPSA) is 127 Å². The van der Waals surface area contributed by atoms with E-state index >= 15 is 0 Å². The van der Waals surface area contributed by atoms with E-state index in [-0.39, 0.29) is 34.9 Å². The largest absolute Gasteiger partial charge is 0.490 e. The summed E-state index contributed by atoms with van der Waals surface area (Å²) in [4.78, 5) is 40.0. The van der Waals surface area contributed by atoms with Crippen molar-refractivity contribution in [3.63, 3.8) is 0 Å². The molecular formula is C30H33N3O6. The molecule has 9 heteroatoms. The molecule has 1 aliphatic carbocycles. The van der Waals surface area contributed by atoms with Crippen LogP contribution in [0.2, 0.25) is 0 Å². The van der Waals surface area contributed by atoms with Crippen molar-refractivity contribution in [1.82, 2.24) is 10.3 Å². The Morgan fingerprint density at radius 3 is 2.33 bits per heavy atom. The van der Waals surface area contributed by atoms with Crippen LogP contribution in [0.25, 0.3) is 0 Å². The van der Waals surface area contributed by atoms with Gasteiger partial charge in [0.2, 0.25) is 11.8 Å². The number of carboxylic acid groups (broad SMARTS) is 1. The highest BCUT2D eigenvalue weighted by Gasteiger charge is 2.23. The van der Waals surface area contributed by atoms with Gasteiger partial charge in [0.15, 0.2) is 0 Å². The quantitative estimate of drug-likeness (QED) is 0.284. The minimum Gasteiger partial charge on any atom is -0.490 e. The first-order chi connectivity index (χ1) is 18.9. The highest BCUT2D eigenvalue weighted by Crippen LogP contribution is 2.27. The molecule has 1 fully saturated rings. The van der Waals surface area contributed by atoms with Gasteiger partial charge in [0.25, 0.3) is 5.91 Å². The molecule has 2 amide bonds. The number of aromatic nitrogens is 1. The lowest BCUT2D eigenvalue weighted by Crippen LogP contribution is -2.39. The number of amides is 2. The van der Waals surface area contributed by atoms with Gasteiger partial charge in [-0.2, -0.15) is 0 Å². The van der Waals surface area contributed by atoms with E-state index in [4.69, 9.17) is 9.47 Å². The molecule has 204 valence electrons. The Labute approximate surface area is 227 Å². The molecule has 1 aliphatic rings. The molecule has 9 nitrogen and oxygen atoms in total. The van der Waals surface area contributed by atoms with Crippen molar-refractivity contribution >= 4 is 23.5 Å². The second-order valence-corrected chi connectivity index (χ2v) is 9.53. The van der Waals surface area contributed by atoms with E-state index in [1.165, 1.54) is 18.3 Å². The number of aromatic carboxylic acids is 1. The third kappa shape index (κ3) is 8.04. The standard InChI is InChI=1S/C30H33N3O6/c1-2-3-8-27(34)32-21-10-12-22(13-11-21)38-23-14-16-24(17-15-23)39-28-18-9-20(19-31-28)29(35)33-26-7-5-4-6-25(26)30(36)37/h4-7,9,14-19,21-22H,2-3,8,10-13H2,1H3,(H,32,34)(H,33,35)(H,36,37). The van der Waals surface area contributed by atoms with Gasteiger partial charge < -0.3 is 25.2 Å². The van der Waals surface area contributed by atoms with E-state index in [0.29, 0.717) is 18.1 Å². The molecule has 0 radical (unpaired) electrons. The highest BCUT2D eigenvalue weighted by molar-refractivity contribution is 6.07. The molecule has 0 aliphatic heterocycles. The maximum Gasteiger partial charge on any atom is 0.337 e. The van der Waals surface area contributed by atoms with Crippen LogP contribution in [-0.4, -0.2) is 40.0 Å². The summed E-state index contributed by atoms with van der Waals surface area (Å²) in [5.41, 5.74) is 0.478. The molecule has 0 atom stereocenters. The SMILES string of the molecule is CCCCC(=O)NC1CCC(Oc2ccc(Oc3ccc(C(=O)Nc4ccccc4C(=O)O)cn3)cc2)CC1. The first kappa shape index (κ1) is 27.6. The number of hydrogen-bond donors (Lipinski definition) is 3. The fraction of sp³-hybridized carbons (Fsp3) is 0.333. The number of carbonyl (C=O) groups is 3. The molecule has 2 aromatic carbocycles. The van der Waals surface area contributed by atoms with Gasteiger partial charge in [-0.1, -0.05) is 25.5 Å². The van der Waals surface area contributed by atoms with Gasteiger partial charge in [-0.05, 0) is 74.6 Å². The second kappa shape index (κ2) is 13.4. The Balaban J connectivity index is 1.24. The predicted molar refractivity (Wildman–Crippen MR) is 146 cm³/mol. The summed E-state index contributed by atoms with van der Waals surface area (Å²) in [7, 11) is 0. The number of pyridine rings is 1. The van der Waals surface area contributed by atoms with Crippen LogP contribution in [0.4, 0.5) is 5.69 Å². The van der Waals surface area contributed by atoms with Crippen molar-refractivity contribution in [2.24, 2.45) is 0 Å². The Morgan fingerprint density at radius 2 is 1.67 bits per heavy atom. The van der Waals surface area contributed by atoms with Gasteiger partial charge in [-0.3, -0.25) is 9.59 Å². The molecule has 1 aromatic heterocycles. The van der Waals surface area contributed by atoms with Crippen molar-refractivity contribution in [2.75, 3.05) is 5.32 Å². The minimum absolute atomic E-state index is 0.00479. The lowest BCUT2D eigenvalue weighted by atomic mass is 9.92. The van der Waals surface area contributed by atoms with E-state index in [9.17, 15) is 19.5 Å². The summed E-state index contributed by atoms with van der Waals surface area (Å²) in [6.45, 7) is 2.08. The maximum absolute atomic E-state index is 12.5. The number of benzene rings is 2. The van der Waals surface area contributed by atoms with Crippen LogP contribution in [0.15, 0.2) is 66.9 Å². The Kier molecular flexibility index (Phi) is 9.50. The Bertz CT molecular complexity index is 1270. The molecule has 4 rings (SSSR count). The molecule has 0 unspecified atom stereocenters. The molecule has 1 heterocycles. The lowest BCUT2D eigenvalue weighted by Gasteiger charge is -2.29. The normalized spacial score (nSPS) is 16.6. The lowest BCUT2D eigenvalue weighted by molar-refractivity contribution is -0.122. The van der Waals surface area contributed by atoms with Crippen LogP contribution in [0.3, 0.4) is 0 Å². The van der Waals surface area contributed by atoms with E-state index in [1.807, 2.05) is 12.1 Å². The van der Waals surface area contributed by atoms with Crippen molar-refractivity contribution in [1.29, 1.82) is 0 Å². The Hall–Kier alpha value is -4.40. The van der Waals surface area contributed by atoms with E-state index in [0.717, 1.165) is 44.3 Å². The molecular weight excluding hydrogens is 498 g/mol. The predicted octanol–water partition coefficient (Wildman–Crippen LogP) is 5.82. The summed E-state index contributed by atoms with van der Waals surface area (Å²) in [5.74, 6) is 0.174. The van der Waals surface area contributed by atoms with Gasteiger partial charge in [0, 0.05) is 24.7 Å². The van der Waals surface area contributed by atoms with Crippen LogP contribution in [-0.2, 0) is 4.79 Å².